The molecule has 0 N–H and O–H groups in total. The number of rotatable bonds is 6. The summed E-state index contributed by atoms with van der Waals surface area (Å²) in [6.07, 6.45) is 7.20. The van der Waals surface area contributed by atoms with Gasteiger partial charge in [-0.05, 0) is 12.8 Å². The lowest BCUT2D eigenvalue weighted by molar-refractivity contribution is -0.125. The predicted molar refractivity (Wildman–Crippen MR) is 71.5 cm³/mol. The molecule has 0 radical (unpaired) electrons. The molecule has 0 aromatic carbocycles. The summed E-state index contributed by atoms with van der Waals surface area (Å²) in [6.45, 7) is 9.90. The second kappa shape index (κ2) is 7.33. The zero-order valence-corrected chi connectivity index (χ0v) is 10.6. The van der Waals surface area contributed by atoms with Crippen molar-refractivity contribution in [3.8, 4) is 6.07 Å². The fourth-order valence-electron chi connectivity index (χ4n) is 1.91. The lowest BCUT2D eigenvalue weighted by atomic mass is 10.2. The van der Waals surface area contributed by atoms with Gasteiger partial charge in [0.2, 0.25) is 0 Å². The van der Waals surface area contributed by atoms with Crippen LogP contribution in [0, 0.1) is 11.3 Å². The maximum Gasteiger partial charge on any atom is 0.266 e. The van der Waals surface area contributed by atoms with Gasteiger partial charge in [-0.25, -0.2) is 0 Å². The summed E-state index contributed by atoms with van der Waals surface area (Å²) < 4.78 is 0. The Morgan fingerprint density at radius 3 is 2.28 bits per heavy atom. The number of likely N-dealkylation sites (tertiary alicyclic amines) is 1. The number of amides is 1. The first-order valence-electron chi connectivity index (χ1n) is 6.10. The summed E-state index contributed by atoms with van der Waals surface area (Å²) in [4.78, 5) is 15.7. The normalized spacial score (nSPS) is 15.1. The van der Waals surface area contributed by atoms with Crippen molar-refractivity contribution in [1.29, 1.82) is 5.26 Å². The molecule has 0 aromatic heterocycles. The number of hydrogen-bond donors (Lipinski definition) is 0. The number of carbonyl (C=O) groups excluding carboxylic acids is 1. The highest BCUT2D eigenvalue weighted by atomic mass is 16.2. The molecule has 0 bridgehead atoms. The van der Waals surface area contributed by atoms with Crippen molar-refractivity contribution in [2.75, 3.05) is 26.2 Å². The summed E-state index contributed by atoms with van der Waals surface area (Å²) >= 11 is 0. The molecule has 1 aliphatic rings. The first-order chi connectivity index (χ1) is 8.72. The van der Waals surface area contributed by atoms with E-state index in [1.807, 2.05) is 11.0 Å². The van der Waals surface area contributed by atoms with E-state index >= 15 is 0 Å². The van der Waals surface area contributed by atoms with Gasteiger partial charge in [0, 0.05) is 32.4 Å². The van der Waals surface area contributed by atoms with E-state index in [2.05, 4.69) is 13.2 Å². The highest BCUT2D eigenvalue weighted by Gasteiger charge is 2.18. The van der Waals surface area contributed by atoms with Crippen molar-refractivity contribution >= 4 is 5.91 Å². The van der Waals surface area contributed by atoms with E-state index in [1.54, 1.807) is 23.3 Å². The van der Waals surface area contributed by atoms with Gasteiger partial charge in [0.05, 0.1) is 0 Å². The van der Waals surface area contributed by atoms with E-state index in [4.69, 9.17) is 5.26 Å². The van der Waals surface area contributed by atoms with Gasteiger partial charge in [0.25, 0.3) is 5.91 Å². The van der Waals surface area contributed by atoms with Crippen molar-refractivity contribution in [2.24, 2.45) is 0 Å². The van der Waals surface area contributed by atoms with Gasteiger partial charge in [-0.1, -0.05) is 12.2 Å². The Morgan fingerprint density at radius 1 is 1.28 bits per heavy atom. The van der Waals surface area contributed by atoms with Crippen molar-refractivity contribution in [1.82, 2.24) is 9.80 Å². The maximum absolute atomic E-state index is 12.2. The summed E-state index contributed by atoms with van der Waals surface area (Å²) in [7, 11) is 0. The van der Waals surface area contributed by atoms with Crippen LogP contribution in [0.25, 0.3) is 0 Å². The number of nitriles is 1. The molecule has 4 heteroatoms. The third-order valence-corrected chi connectivity index (χ3v) is 2.79. The highest BCUT2D eigenvalue weighted by molar-refractivity contribution is 5.97. The van der Waals surface area contributed by atoms with Gasteiger partial charge >= 0.3 is 0 Å². The molecule has 1 aliphatic heterocycles. The van der Waals surface area contributed by atoms with E-state index < -0.39 is 0 Å². The van der Waals surface area contributed by atoms with E-state index in [9.17, 15) is 4.79 Å². The summed E-state index contributed by atoms with van der Waals surface area (Å²) in [5.41, 5.74) is 0.181. The fourth-order valence-corrected chi connectivity index (χ4v) is 1.91. The van der Waals surface area contributed by atoms with Crippen LogP contribution in [0.2, 0.25) is 0 Å². The summed E-state index contributed by atoms with van der Waals surface area (Å²) in [5, 5.41) is 9.10. The lowest BCUT2D eigenvalue weighted by Crippen LogP contribution is -2.33. The third kappa shape index (κ3) is 3.77. The van der Waals surface area contributed by atoms with Gasteiger partial charge in [-0.2, -0.15) is 5.26 Å². The Bertz CT molecular complexity index is 376. The predicted octanol–water partition coefficient (Wildman–Crippen LogP) is 1.69. The quantitative estimate of drug-likeness (QED) is 0.406. The van der Waals surface area contributed by atoms with E-state index in [0.29, 0.717) is 13.1 Å². The second-order valence-corrected chi connectivity index (χ2v) is 4.19. The molecule has 96 valence electrons. The SMILES string of the molecule is C=CCN(CC=C)C(=O)/C(C#N)=C\N1CCCC1. The molecule has 18 heavy (non-hydrogen) atoms. The van der Waals surface area contributed by atoms with E-state index in [0.717, 1.165) is 25.9 Å². The molecule has 1 saturated heterocycles. The molecule has 0 aromatic rings. The van der Waals surface area contributed by atoms with Gasteiger partial charge < -0.3 is 9.80 Å². The van der Waals surface area contributed by atoms with Gasteiger partial charge in [-0.3, -0.25) is 4.79 Å². The van der Waals surface area contributed by atoms with Crippen LogP contribution >= 0.6 is 0 Å². The molecule has 1 fully saturated rings. The Morgan fingerprint density at radius 2 is 1.83 bits per heavy atom. The second-order valence-electron chi connectivity index (χ2n) is 4.19. The number of carbonyl (C=O) groups is 1. The molecule has 1 rings (SSSR count). The molecule has 1 heterocycles. The third-order valence-electron chi connectivity index (χ3n) is 2.79. The van der Waals surface area contributed by atoms with E-state index in [1.165, 1.54) is 0 Å². The van der Waals surface area contributed by atoms with Crippen molar-refractivity contribution in [3.05, 3.63) is 37.1 Å². The lowest BCUT2D eigenvalue weighted by Gasteiger charge is -2.20. The maximum atomic E-state index is 12.2. The van der Waals surface area contributed by atoms with Crippen LogP contribution in [0.3, 0.4) is 0 Å². The molecule has 0 spiro atoms. The Kier molecular flexibility index (Phi) is 5.72. The largest absolute Gasteiger partial charge is 0.376 e. The molecule has 4 nitrogen and oxygen atoms in total. The monoisotopic (exact) mass is 245 g/mol. The number of hydrogen-bond acceptors (Lipinski definition) is 3. The molecule has 1 amide bonds. The summed E-state index contributed by atoms with van der Waals surface area (Å²) in [6, 6.07) is 1.99. The van der Waals surface area contributed by atoms with Crippen LogP contribution in [-0.4, -0.2) is 41.9 Å². The summed E-state index contributed by atoms with van der Waals surface area (Å²) in [5.74, 6) is -0.260. The smallest absolute Gasteiger partial charge is 0.266 e. The molecule has 0 atom stereocenters. The Hall–Kier alpha value is -2.02. The minimum atomic E-state index is -0.260. The molecular formula is C14H19N3O. The van der Waals surface area contributed by atoms with Crippen LogP contribution in [0.4, 0.5) is 0 Å². The fraction of sp³-hybridized carbons (Fsp3) is 0.429. The van der Waals surface area contributed by atoms with Gasteiger partial charge in [-0.15, -0.1) is 13.2 Å². The van der Waals surface area contributed by atoms with Crippen LogP contribution in [0.5, 0.6) is 0 Å². The van der Waals surface area contributed by atoms with Gasteiger partial charge in [0.15, 0.2) is 0 Å². The topological polar surface area (TPSA) is 47.3 Å². The minimum absolute atomic E-state index is 0.181. The van der Waals surface area contributed by atoms with Crippen molar-refractivity contribution < 1.29 is 4.79 Å². The standard InChI is InChI=1S/C14H19N3O/c1-3-7-17(8-4-2)14(18)13(11-15)12-16-9-5-6-10-16/h3-4,12H,1-2,5-10H2/b13-12-. The first-order valence-corrected chi connectivity index (χ1v) is 6.10. The molecule has 0 saturated carbocycles. The molecular weight excluding hydrogens is 226 g/mol. The Labute approximate surface area is 108 Å². The average Bonchev–Trinajstić information content (AvgIpc) is 2.87. The highest BCUT2D eigenvalue weighted by Crippen LogP contribution is 2.11. The molecule has 0 unspecified atom stereocenters. The average molecular weight is 245 g/mol. The van der Waals surface area contributed by atoms with Crippen LogP contribution in [-0.2, 0) is 4.79 Å². The first kappa shape index (κ1) is 14.0. The zero-order valence-electron chi connectivity index (χ0n) is 10.6. The van der Waals surface area contributed by atoms with Gasteiger partial charge in [0.1, 0.15) is 11.6 Å². The van der Waals surface area contributed by atoms with Crippen LogP contribution in [0.15, 0.2) is 37.1 Å². The van der Waals surface area contributed by atoms with Crippen molar-refractivity contribution in [2.45, 2.75) is 12.8 Å². The van der Waals surface area contributed by atoms with Crippen LogP contribution in [0.1, 0.15) is 12.8 Å². The zero-order chi connectivity index (χ0) is 13.4. The number of nitrogens with zero attached hydrogens (tertiary/aromatic N) is 3. The minimum Gasteiger partial charge on any atom is -0.376 e. The van der Waals surface area contributed by atoms with Crippen LogP contribution < -0.4 is 0 Å². The Balaban J connectivity index is 2.78. The molecule has 0 aliphatic carbocycles. The van der Waals surface area contributed by atoms with E-state index in [-0.39, 0.29) is 11.5 Å². The van der Waals surface area contributed by atoms with Crippen molar-refractivity contribution in [3.63, 3.8) is 0 Å².